The van der Waals surface area contributed by atoms with Crippen LogP contribution in [0.2, 0.25) is 0 Å². The third-order valence-corrected chi connectivity index (χ3v) is 5.61. The second-order valence-electron chi connectivity index (χ2n) is 8.22. The molecule has 1 aliphatic carbocycles. The number of rotatable bonds is 1. The molecule has 1 fully saturated rings. The van der Waals surface area contributed by atoms with Gasteiger partial charge in [-0.2, -0.15) is 0 Å². The molecule has 0 amide bonds. The fraction of sp³-hybridized carbons (Fsp3) is 0.800. The van der Waals surface area contributed by atoms with E-state index in [0.717, 1.165) is 44.9 Å². The molecule has 1 saturated heterocycles. The van der Waals surface area contributed by atoms with Gasteiger partial charge < -0.3 is 9.84 Å². The quantitative estimate of drug-likeness (QED) is 0.535. The van der Waals surface area contributed by atoms with E-state index in [9.17, 15) is 5.11 Å². The molecule has 0 saturated carbocycles. The number of aliphatic hydroxyl groups is 1. The Morgan fingerprint density at radius 3 is 2.45 bits per heavy atom. The maximum atomic E-state index is 10.4. The van der Waals surface area contributed by atoms with Crippen LogP contribution in [0.25, 0.3) is 0 Å². The number of allylic oxidation sites excluding steroid dienone is 4. The van der Waals surface area contributed by atoms with Crippen molar-refractivity contribution < 1.29 is 9.84 Å². The summed E-state index contributed by atoms with van der Waals surface area (Å²) < 4.78 is 5.94. The fourth-order valence-electron chi connectivity index (χ4n) is 3.55. The highest BCUT2D eigenvalue weighted by atomic mass is 16.6. The molecule has 0 spiro atoms. The van der Waals surface area contributed by atoms with Crippen molar-refractivity contribution in [2.24, 2.45) is 5.92 Å². The minimum absolute atomic E-state index is 0.122. The number of ether oxygens (including phenoxy) is 1. The molecule has 0 aromatic carbocycles. The summed E-state index contributed by atoms with van der Waals surface area (Å²) in [5, 5.41) is 10.4. The molecule has 1 aliphatic heterocycles. The van der Waals surface area contributed by atoms with E-state index < -0.39 is 5.60 Å². The monoisotopic (exact) mass is 306 g/mol. The highest BCUT2D eigenvalue weighted by Gasteiger charge is 2.50. The van der Waals surface area contributed by atoms with Crippen LogP contribution in [0, 0.1) is 5.92 Å². The van der Waals surface area contributed by atoms with Gasteiger partial charge in [0.25, 0.3) is 0 Å². The minimum Gasteiger partial charge on any atom is -0.390 e. The van der Waals surface area contributed by atoms with Crippen molar-refractivity contribution in [2.45, 2.75) is 96.9 Å². The predicted molar refractivity (Wildman–Crippen MR) is 92.9 cm³/mol. The summed E-state index contributed by atoms with van der Waals surface area (Å²) in [6.45, 7) is 10.6. The molecule has 2 aliphatic rings. The van der Waals surface area contributed by atoms with Crippen LogP contribution >= 0.6 is 0 Å². The Morgan fingerprint density at radius 1 is 1.14 bits per heavy atom. The molecule has 126 valence electrons. The second kappa shape index (κ2) is 6.88. The van der Waals surface area contributed by atoms with Crippen molar-refractivity contribution in [2.75, 3.05) is 0 Å². The van der Waals surface area contributed by atoms with Gasteiger partial charge in [-0.15, -0.1) is 0 Å². The zero-order chi connectivity index (χ0) is 16.4. The van der Waals surface area contributed by atoms with Gasteiger partial charge in [-0.05, 0) is 85.5 Å². The summed E-state index contributed by atoms with van der Waals surface area (Å²) in [6.07, 6.45) is 12.8. The van der Waals surface area contributed by atoms with Crippen molar-refractivity contribution in [3.05, 3.63) is 23.3 Å². The van der Waals surface area contributed by atoms with Gasteiger partial charge >= 0.3 is 0 Å². The SMILES string of the molecule is CC1=CCCC2(C)OC2CCC(C)=CCC(C(C)(C)O)CC1. The first-order valence-electron chi connectivity index (χ1n) is 8.92. The average Bonchev–Trinajstić information content (AvgIpc) is 3.04. The normalized spacial score (nSPS) is 35.0. The van der Waals surface area contributed by atoms with Crippen LogP contribution in [-0.4, -0.2) is 22.4 Å². The maximum absolute atomic E-state index is 10.4. The van der Waals surface area contributed by atoms with Crippen molar-refractivity contribution in [1.29, 1.82) is 0 Å². The molecule has 0 radical (unpaired) electrons. The molecule has 3 atom stereocenters. The molecule has 2 heteroatoms. The van der Waals surface area contributed by atoms with Crippen molar-refractivity contribution in [3.8, 4) is 0 Å². The van der Waals surface area contributed by atoms with Gasteiger partial charge in [0.2, 0.25) is 0 Å². The van der Waals surface area contributed by atoms with Crippen LogP contribution in [-0.2, 0) is 4.74 Å². The van der Waals surface area contributed by atoms with E-state index in [-0.39, 0.29) is 5.60 Å². The lowest BCUT2D eigenvalue weighted by atomic mass is 9.82. The van der Waals surface area contributed by atoms with E-state index in [1.165, 1.54) is 11.1 Å². The van der Waals surface area contributed by atoms with E-state index in [0.29, 0.717) is 12.0 Å². The summed E-state index contributed by atoms with van der Waals surface area (Å²) in [7, 11) is 0. The predicted octanol–water partition coefficient (Wildman–Crippen LogP) is 5.17. The third kappa shape index (κ3) is 4.96. The fourth-order valence-corrected chi connectivity index (χ4v) is 3.55. The van der Waals surface area contributed by atoms with E-state index in [4.69, 9.17) is 4.74 Å². The molecular weight excluding hydrogens is 272 g/mol. The smallest absolute Gasteiger partial charge is 0.0923 e. The largest absolute Gasteiger partial charge is 0.390 e. The van der Waals surface area contributed by atoms with E-state index in [2.05, 4.69) is 32.9 Å². The first-order valence-corrected chi connectivity index (χ1v) is 8.92. The van der Waals surface area contributed by atoms with E-state index in [1.807, 2.05) is 13.8 Å². The Hall–Kier alpha value is -0.600. The van der Waals surface area contributed by atoms with Gasteiger partial charge in [0.15, 0.2) is 0 Å². The van der Waals surface area contributed by atoms with Crippen LogP contribution in [0.3, 0.4) is 0 Å². The Balaban J connectivity index is 2.06. The highest BCUT2D eigenvalue weighted by molar-refractivity contribution is 5.08. The first-order chi connectivity index (χ1) is 10.2. The van der Waals surface area contributed by atoms with Gasteiger partial charge in [0.1, 0.15) is 0 Å². The number of hydrogen-bond acceptors (Lipinski definition) is 2. The van der Waals surface area contributed by atoms with Crippen LogP contribution < -0.4 is 0 Å². The van der Waals surface area contributed by atoms with Crippen LogP contribution in [0.15, 0.2) is 23.3 Å². The van der Waals surface area contributed by atoms with Crippen molar-refractivity contribution in [1.82, 2.24) is 0 Å². The average molecular weight is 306 g/mol. The van der Waals surface area contributed by atoms with Gasteiger partial charge in [-0.3, -0.25) is 0 Å². The molecule has 0 aromatic rings. The molecule has 1 heterocycles. The number of epoxide rings is 1. The lowest BCUT2D eigenvalue weighted by molar-refractivity contribution is 0.0145. The molecule has 0 bridgehead atoms. The summed E-state index contributed by atoms with van der Waals surface area (Å²) in [4.78, 5) is 0. The molecule has 3 unspecified atom stereocenters. The zero-order valence-electron chi connectivity index (χ0n) is 15.1. The molecule has 1 N–H and O–H groups in total. The summed E-state index contributed by atoms with van der Waals surface area (Å²) in [5.41, 5.74) is 2.41. The topological polar surface area (TPSA) is 32.8 Å². The summed E-state index contributed by atoms with van der Waals surface area (Å²) in [5.74, 6) is 0.330. The zero-order valence-corrected chi connectivity index (χ0v) is 15.1. The Morgan fingerprint density at radius 2 is 1.77 bits per heavy atom. The Kier molecular flexibility index (Phi) is 5.55. The molecular formula is C20H34O2. The third-order valence-electron chi connectivity index (χ3n) is 5.61. The van der Waals surface area contributed by atoms with Gasteiger partial charge in [0, 0.05) is 0 Å². The van der Waals surface area contributed by atoms with Gasteiger partial charge in [-0.1, -0.05) is 23.3 Å². The molecule has 22 heavy (non-hydrogen) atoms. The summed E-state index contributed by atoms with van der Waals surface area (Å²) >= 11 is 0. The van der Waals surface area contributed by atoms with Crippen molar-refractivity contribution in [3.63, 3.8) is 0 Å². The van der Waals surface area contributed by atoms with Crippen LogP contribution in [0.1, 0.15) is 79.6 Å². The second-order valence-corrected chi connectivity index (χ2v) is 8.22. The Bertz CT molecular complexity index is 441. The first kappa shape index (κ1) is 17.7. The molecule has 2 rings (SSSR count). The standard InChI is InChI=1S/C20H34O2/c1-15-7-6-14-20(5)18(22-20)13-10-16(2)9-12-17(11-8-15)19(3,4)21/h7,9,17-18,21H,6,8,10-14H2,1-5H3. The van der Waals surface area contributed by atoms with Gasteiger partial charge in [-0.25, -0.2) is 0 Å². The molecule has 0 aromatic heterocycles. The maximum Gasteiger partial charge on any atom is 0.0923 e. The van der Waals surface area contributed by atoms with Gasteiger partial charge in [0.05, 0.1) is 17.3 Å². The van der Waals surface area contributed by atoms with E-state index in [1.54, 1.807) is 0 Å². The summed E-state index contributed by atoms with van der Waals surface area (Å²) in [6, 6.07) is 0. The minimum atomic E-state index is -0.605. The number of fused-ring (bicyclic) bond motifs is 1. The number of hydrogen-bond donors (Lipinski definition) is 1. The van der Waals surface area contributed by atoms with E-state index >= 15 is 0 Å². The molecule has 2 nitrogen and oxygen atoms in total. The highest BCUT2D eigenvalue weighted by Crippen LogP contribution is 2.43. The Labute approximate surface area is 136 Å². The van der Waals surface area contributed by atoms with Crippen molar-refractivity contribution >= 4 is 0 Å². The lowest BCUT2D eigenvalue weighted by Gasteiger charge is -2.29. The lowest BCUT2D eigenvalue weighted by Crippen LogP contribution is -2.30. The van der Waals surface area contributed by atoms with Crippen LogP contribution in [0.5, 0.6) is 0 Å². The van der Waals surface area contributed by atoms with Crippen LogP contribution in [0.4, 0.5) is 0 Å².